The van der Waals surface area contributed by atoms with Crippen LogP contribution in [0, 0.1) is 12.7 Å². The lowest BCUT2D eigenvalue weighted by atomic mass is 10.1. The molecule has 0 aliphatic heterocycles. The third-order valence-electron chi connectivity index (χ3n) is 2.69. The Morgan fingerprint density at radius 1 is 1.17 bits per heavy atom. The molecule has 2 nitrogen and oxygen atoms in total. The minimum absolute atomic E-state index is 0.305. The Hall–Kier alpha value is -2.03. The molecular weight excluding hydrogens is 229 g/mol. The number of rotatable bonds is 4. The van der Waals surface area contributed by atoms with Gasteiger partial charge >= 0.3 is 0 Å². The van der Waals surface area contributed by atoms with Crippen molar-refractivity contribution < 1.29 is 9.13 Å². The standard InChI is InChI=1S/C15H16FNO/c1-11-4-3-5-12(6-11)10-17-14-7-13(16)8-15(9-14)18-2/h3-9,17H,10H2,1-2H3. The maximum atomic E-state index is 13.3. The largest absolute Gasteiger partial charge is 0.497 e. The zero-order valence-electron chi connectivity index (χ0n) is 10.5. The first kappa shape index (κ1) is 12.4. The number of ether oxygens (including phenoxy) is 1. The zero-order valence-corrected chi connectivity index (χ0v) is 10.5. The minimum atomic E-state index is -0.305. The van der Waals surface area contributed by atoms with Gasteiger partial charge in [0.2, 0.25) is 0 Å². The van der Waals surface area contributed by atoms with Crippen LogP contribution in [-0.2, 0) is 6.54 Å². The number of halogens is 1. The second-order valence-corrected chi connectivity index (χ2v) is 4.22. The van der Waals surface area contributed by atoms with E-state index in [1.54, 1.807) is 6.07 Å². The maximum absolute atomic E-state index is 13.3. The van der Waals surface area contributed by atoms with Gasteiger partial charge in [-0.15, -0.1) is 0 Å². The van der Waals surface area contributed by atoms with Crippen LogP contribution in [-0.4, -0.2) is 7.11 Å². The Labute approximate surface area is 106 Å². The van der Waals surface area contributed by atoms with Gasteiger partial charge in [0.1, 0.15) is 11.6 Å². The predicted molar refractivity (Wildman–Crippen MR) is 71.5 cm³/mol. The van der Waals surface area contributed by atoms with Crippen molar-refractivity contribution in [3.05, 3.63) is 59.4 Å². The molecule has 0 atom stereocenters. The highest BCUT2D eigenvalue weighted by Gasteiger charge is 2.01. The van der Waals surface area contributed by atoms with Crippen molar-refractivity contribution in [3.8, 4) is 5.75 Å². The van der Waals surface area contributed by atoms with Crippen molar-refractivity contribution in [3.63, 3.8) is 0 Å². The van der Waals surface area contributed by atoms with Crippen molar-refractivity contribution in [2.75, 3.05) is 12.4 Å². The average Bonchev–Trinajstić information content (AvgIpc) is 2.36. The number of aryl methyl sites for hydroxylation is 1. The number of hydrogen-bond acceptors (Lipinski definition) is 2. The van der Waals surface area contributed by atoms with E-state index >= 15 is 0 Å². The van der Waals surface area contributed by atoms with Gasteiger partial charge in [0.15, 0.2) is 0 Å². The zero-order chi connectivity index (χ0) is 13.0. The maximum Gasteiger partial charge on any atom is 0.128 e. The summed E-state index contributed by atoms with van der Waals surface area (Å²) in [6.07, 6.45) is 0. The topological polar surface area (TPSA) is 21.3 Å². The normalized spacial score (nSPS) is 10.2. The highest BCUT2D eigenvalue weighted by molar-refractivity contribution is 5.49. The molecule has 0 unspecified atom stereocenters. The van der Waals surface area contributed by atoms with Crippen LogP contribution in [0.25, 0.3) is 0 Å². The lowest BCUT2D eigenvalue weighted by molar-refractivity contribution is 0.411. The molecule has 0 bridgehead atoms. The molecule has 0 spiro atoms. The highest BCUT2D eigenvalue weighted by atomic mass is 19.1. The van der Waals surface area contributed by atoms with E-state index in [9.17, 15) is 4.39 Å². The SMILES string of the molecule is COc1cc(F)cc(NCc2cccc(C)c2)c1. The van der Waals surface area contributed by atoms with Crippen LogP contribution in [0.2, 0.25) is 0 Å². The molecule has 0 aliphatic carbocycles. The third kappa shape index (κ3) is 3.23. The Morgan fingerprint density at radius 3 is 2.72 bits per heavy atom. The summed E-state index contributed by atoms with van der Waals surface area (Å²) in [4.78, 5) is 0. The van der Waals surface area contributed by atoms with E-state index < -0.39 is 0 Å². The molecule has 0 aromatic heterocycles. The number of benzene rings is 2. The molecule has 0 saturated heterocycles. The molecule has 0 saturated carbocycles. The molecule has 0 radical (unpaired) electrons. The first-order valence-electron chi connectivity index (χ1n) is 5.81. The van der Waals surface area contributed by atoms with Gasteiger partial charge in [-0.25, -0.2) is 4.39 Å². The second kappa shape index (κ2) is 5.54. The first-order chi connectivity index (χ1) is 8.67. The van der Waals surface area contributed by atoms with E-state index in [0.29, 0.717) is 18.0 Å². The molecule has 0 fully saturated rings. The van der Waals surface area contributed by atoms with Crippen LogP contribution >= 0.6 is 0 Å². The van der Waals surface area contributed by atoms with Crippen LogP contribution in [0.1, 0.15) is 11.1 Å². The summed E-state index contributed by atoms with van der Waals surface area (Å²) in [5, 5.41) is 3.18. The Morgan fingerprint density at radius 2 is 2.00 bits per heavy atom. The van der Waals surface area contributed by atoms with E-state index in [4.69, 9.17) is 4.74 Å². The summed E-state index contributed by atoms with van der Waals surface area (Å²) >= 11 is 0. The molecule has 0 aliphatic rings. The van der Waals surface area contributed by atoms with Crippen LogP contribution < -0.4 is 10.1 Å². The van der Waals surface area contributed by atoms with E-state index in [1.165, 1.54) is 30.4 Å². The van der Waals surface area contributed by atoms with Gasteiger partial charge in [0.05, 0.1) is 7.11 Å². The van der Waals surface area contributed by atoms with Crippen LogP contribution in [0.4, 0.5) is 10.1 Å². The van der Waals surface area contributed by atoms with Gasteiger partial charge in [-0.05, 0) is 18.6 Å². The van der Waals surface area contributed by atoms with Crippen molar-refractivity contribution >= 4 is 5.69 Å². The van der Waals surface area contributed by atoms with E-state index in [2.05, 4.69) is 24.4 Å². The minimum Gasteiger partial charge on any atom is -0.497 e. The Bertz CT molecular complexity index is 540. The fourth-order valence-electron chi connectivity index (χ4n) is 1.81. The second-order valence-electron chi connectivity index (χ2n) is 4.22. The fourth-order valence-corrected chi connectivity index (χ4v) is 1.81. The van der Waals surface area contributed by atoms with Crippen LogP contribution in [0.3, 0.4) is 0 Å². The Balaban J connectivity index is 2.08. The monoisotopic (exact) mass is 245 g/mol. The van der Waals surface area contributed by atoms with Crippen molar-refractivity contribution in [2.24, 2.45) is 0 Å². The van der Waals surface area contributed by atoms with Gasteiger partial charge in [0, 0.05) is 24.4 Å². The van der Waals surface area contributed by atoms with E-state index in [0.717, 1.165) is 0 Å². The highest BCUT2D eigenvalue weighted by Crippen LogP contribution is 2.20. The molecule has 18 heavy (non-hydrogen) atoms. The van der Waals surface area contributed by atoms with Crippen molar-refractivity contribution in [1.82, 2.24) is 0 Å². The van der Waals surface area contributed by atoms with E-state index in [1.807, 2.05) is 12.1 Å². The Kier molecular flexibility index (Phi) is 3.82. The molecule has 2 aromatic rings. The quantitative estimate of drug-likeness (QED) is 0.885. The smallest absolute Gasteiger partial charge is 0.128 e. The van der Waals surface area contributed by atoms with Gasteiger partial charge in [-0.1, -0.05) is 29.8 Å². The third-order valence-corrected chi connectivity index (χ3v) is 2.69. The molecule has 2 aromatic carbocycles. The average molecular weight is 245 g/mol. The van der Waals surface area contributed by atoms with Gasteiger partial charge in [0.25, 0.3) is 0 Å². The number of hydrogen-bond donors (Lipinski definition) is 1. The van der Waals surface area contributed by atoms with Crippen molar-refractivity contribution in [2.45, 2.75) is 13.5 Å². The molecule has 3 heteroatoms. The lowest BCUT2D eigenvalue weighted by Crippen LogP contribution is -2.00. The summed E-state index contributed by atoms with van der Waals surface area (Å²) in [5.74, 6) is 0.211. The van der Waals surface area contributed by atoms with E-state index in [-0.39, 0.29) is 5.82 Å². The molecular formula is C15H16FNO. The molecule has 0 amide bonds. The molecule has 2 rings (SSSR count). The number of nitrogens with one attached hydrogen (secondary N) is 1. The van der Waals surface area contributed by atoms with Crippen LogP contribution in [0.15, 0.2) is 42.5 Å². The fraction of sp³-hybridized carbons (Fsp3) is 0.200. The van der Waals surface area contributed by atoms with Crippen molar-refractivity contribution in [1.29, 1.82) is 0 Å². The summed E-state index contributed by atoms with van der Waals surface area (Å²) < 4.78 is 18.3. The lowest BCUT2D eigenvalue weighted by Gasteiger charge is -2.09. The first-order valence-corrected chi connectivity index (χ1v) is 5.81. The summed E-state index contributed by atoms with van der Waals surface area (Å²) in [5.41, 5.74) is 3.10. The molecule has 0 heterocycles. The number of anilines is 1. The molecule has 1 N–H and O–H groups in total. The number of methoxy groups -OCH3 is 1. The summed E-state index contributed by atoms with van der Waals surface area (Å²) in [6.45, 7) is 2.71. The predicted octanol–water partition coefficient (Wildman–Crippen LogP) is 3.75. The summed E-state index contributed by atoms with van der Waals surface area (Å²) in [6, 6.07) is 12.8. The van der Waals surface area contributed by atoms with Gasteiger partial charge < -0.3 is 10.1 Å². The molecule has 94 valence electrons. The van der Waals surface area contributed by atoms with Gasteiger partial charge in [-0.3, -0.25) is 0 Å². The van der Waals surface area contributed by atoms with Gasteiger partial charge in [-0.2, -0.15) is 0 Å². The summed E-state index contributed by atoms with van der Waals surface area (Å²) in [7, 11) is 1.53. The van der Waals surface area contributed by atoms with Crippen LogP contribution in [0.5, 0.6) is 5.75 Å².